The zero-order valence-electron chi connectivity index (χ0n) is 15.9. The highest BCUT2D eigenvalue weighted by molar-refractivity contribution is 6.39. The second-order valence-corrected chi connectivity index (χ2v) is 7.30. The molecule has 0 fully saturated rings. The van der Waals surface area contributed by atoms with Crippen LogP contribution in [0.5, 0.6) is 0 Å². The van der Waals surface area contributed by atoms with Crippen LogP contribution in [0.2, 0.25) is 5.02 Å². The van der Waals surface area contributed by atoms with Crippen LogP contribution in [0.15, 0.2) is 65.3 Å². The van der Waals surface area contributed by atoms with Gasteiger partial charge in [-0.15, -0.1) is 0 Å². The predicted octanol–water partition coefficient (Wildman–Crippen LogP) is 3.93. The van der Waals surface area contributed by atoms with Crippen LogP contribution in [-0.2, 0) is 16.0 Å². The van der Waals surface area contributed by atoms with E-state index < -0.39 is 17.6 Å². The van der Waals surface area contributed by atoms with Gasteiger partial charge in [-0.25, -0.2) is 4.39 Å². The summed E-state index contributed by atoms with van der Waals surface area (Å²) in [5.74, 6) is -1.58. The second kappa shape index (κ2) is 8.59. The maximum atomic E-state index is 13.3. The Bertz CT molecular complexity index is 1070. The van der Waals surface area contributed by atoms with E-state index in [9.17, 15) is 14.0 Å². The van der Waals surface area contributed by atoms with Gasteiger partial charge in [0, 0.05) is 24.5 Å². The van der Waals surface area contributed by atoms with Crippen LogP contribution in [-0.4, -0.2) is 24.9 Å². The number of hydrogen-bond acceptors (Lipinski definition) is 4. The monoisotopic (exact) mass is 427 g/mol. The van der Waals surface area contributed by atoms with Gasteiger partial charge in [0.15, 0.2) is 0 Å². The van der Waals surface area contributed by atoms with Crippen molar-refractivity contribution in [2.24, 2.45) is 0 Å². The van der Waals surface area contributed by atoms with E-state index in [1.807, 2.05) is 24.3 Å². The molecular weight excluding hydrogens is 409 g/mol. The minimum Gasteiger partial charge on any atom is -0.467 e. The normalized spacial score (nSPS) is 13.6. The summed E-state index contributed by atoms with van der Waals surface area (Å²) >= 11 is 5.71. The Labute approximate surface area is 177 Å². The summed E-state index contributed by atoms with van der Waals surface area (Å²) in [5.41, 5.74) is 2.54. The Morgan fingerprint density at radius 3 is 2.73 bits per heavy atom. The van der Waals surface area contributed by atoms with Crippen molar-refractivity contribution in [3.63, 3.8) is 0 Å². The van der Waals surface area contributed by atoms with Crippen molar-refractivity contribution in [1.29, 1.82) is 0 Å². The molecule has 0 spiro atoms. The van der Waals surface area contributed by atoms with E-state index in [1.54, 1.807) is 12.3 Å². The average Bonchev–Trinajstić information content (AvgIpc) is 3.42. The molecular formula is C22H19ClFN3O3. The summed E-state index contributed by atoms with van der Waals surface area (Å²) in [4.78, 5) is 26.7. The fraction of sp³-hybridized carbons (Fsp3) is 0.182. The summed E-state index contributed by atoms with van der Waals surface area (Å²) in [6.45, 7) is 0.957. The molecule has 1 aromatic heterocycles. The van der Waals surface area contributed by atoms with Gasteiger partial charge >= 0.3 is 11.8 Å². The molecule has 0 radical (unpaired) electrons. The number of anilines is 2. The second-order valence-electron chi connectivity index (χ2n) is 6.90. The maximum absolute atomic E-state index is 13.3. The summed E-state index contributed by atoms with van der Waals surface area (Å²) in [6.07, 6.45) is 2.48. The number of amides is 2. The summed E-state index contributed by atoms with van der Waals surface area (Å²) in [7, 11) is 0. The van der Waals surface area contributed by atoms with E-state index in [0.29, 0.717) is 5.76 Å². The molecule has 0 saturated heterocycles. The number of benzene rings is 2. The molecule has 0 unspecified atom stereocenters. The van der Waals surface area contributed by atoms with Gasteiger partial charge in [0.1, 0.15) is 17.6 Å². The van der Waals surface area contributed by atoms with E-state index >= 15 is 0 Å². The number of carbonyl (C=O) groups excluding carboxylic acids is 2. The first-order valence-corrected chi connectivity index (χ1v) is 9.83. The Kier molecular flexibility index (Phi) is 5.72. The summed E-state index contributed by atoms with van der Waals surface area (Å²) < 4.78 is 18.8. The molecule has 1 aliphatic heterocycles. The van der Waals surface area contributed by atoms with Crippen LogP contribution in [0.25, 0.3) is 0 Å². The van der Waals surface area contributed by atoms with Gasteiger partial charge in [0.2, 0.25) is 0 Å². The van der Waals surface area contributed by atoms with Gasteiger partial charge in [-0.1, -0.05) is 29.8 Å². The SMILES string of the molecule is O=C(NC[C@@H](c1ccco1)N1CCc2ccccc21)C(=O)Nc1ccc(F)c(Cl)c1. The summed E-state index contributed by atoms with van der Waals surface area (Å²) in [6, 6.07) is 15.1. The van der Waals surface area contributed by atoms with Gasteiger partial charge in [-0.3, -0.25) is 9.59 Å². The van der Waals surface area contributed by atoms with Crippen LogP contribution in [0.3, 0.4) is 0 Å². The van der Waals surface area contributed by atoms with Crippen LogP contribution in [0.1, 0.15) is 17.4 Å². The first kappa shape index (κ1) is 20.0. The number of fused-ring (bicyclic) bond motifs is 1. The van der Waals surface area contributed by atoms with Gasteiger partial charge < -0.3 is 20.0 Å². The third-order valence-electron chi connectivity index (χ3n) is 5.01. The smallest absolute Gasteiger partial charge is 0.313 e. The van der Waals surface area contributed by atoms with Gasteiger partial charge in [-0.05, 0) is 48.4 Å². The number of para-hydroxylation sites is 1. The molecule has 2 amide bonds. The van der Waals surface area contributed by atoms with Crippen molar-refractivity contribution < 1.29 is 18.4 Å². The number of carbonyl (C=O) groups is 2. The highest BCUT2D eigenvalue weighted by Crippen LogP contribution is 2.34. The third-order valence-corrected chi connectivity index (χ3v) is 5.30. The number of furan rings is 1. The molecule has 0 saturated carbocycles. The minimum atomic E-state index is -0.863. The minimum absolute atomic E-state index is 0.140. The fourth-order valence-corrected chi connectivity index (χ4v) is 3.74. The van der Waals surface area contributed by atoms with Crippen LogP contribution >= 0.6 is 11.6 Å². The molecule has 1 atom stereocenters. The van der Waals surface area contributed by atoms with Gasteiger partial charge in [-0.2, -0.15) is 0 Å². The molecule has 30 heavy (non-hydrogen) atoms. The molecule has 6 nitrogen and oxygen atoms in total. The predicted molar refractivity (Wildman–Crippen MR) is 112 cm³/mol. The lowest BCUT2D eigenvalue weighted by molar-refractivity contribution is -0.136. The molecule has 3 aromatic rings. The highest BCUT2D eigenvalue weighted by Gasteiger charge is 2.29. The Morgan fingerprint density at radius 1 is 1.13 bits per heavy atom. The summed E-state index contributed by atoms with van der Waals surface area (Å²) in [5, 5.41) is 4.94. The van der Waals surface area contributed by atoms with E-state index in [4.69, 9.17) is 16.0 Å². The van der Waals surface area contributed by atoms with Crippen LogP contribution in [0, 0.1) is 5.82 Å². The first-order chi connectivity index (χ1) is 14.5. The number of hydrogen-bond donors (Lipinski definition) is 2. The topological polar surface area (TPSA) is 74.6 Å². The molecule has 8 heteroatoms. The lowest BCUT2D eigenvalue weighted by atomic mass is 10.1. The maximum Gasteiger partial charge on any atom is 0.313 e. The molecule has 2 aromatic carbocycles. The number of nitrogens with zero attached hydrogens (tertiary/aromatic N) is 1. The average molecular weight is 428 g/mol. The van der Waals surface area contributed by atoms with Gasteiger partial charge in [0.05, 0.1) is 11.3 Å². The Hall–Kier alpha value is -3.32. The van der Waals surface area contributed by atoms with Crippen molar-refractivity contribution in [2.45, 2.75) is 12.5 Å². The van der Waals surface area contributed by atoms with Crippen molar-refractivity contribution >= 4 is 34.8 Å². The van der Waals surface area contributed by atoms with E-state index in [0.717, 1.165) is 24.7 Å². The highest BCUT2D eigenvalue weighted by atomic mass is 35.5. The van der Waals surface area contributed by atoms with Crippen LogP contribution in [0.4, 0.5) is 15.8 Å². The number of halogens is 2. The molecule has 0 aliphatic carbocycles. The molecule has 154 valence electrons. The van der Waals surface area contributed by atoms with Crippen LogP contribution < -0.4 is 15.5 Å². The zero-order chi connectivity index (χ0) is 21.1. The molecule has 0 bridgehead atoms. The number of rotatable bonds is 5. The lowest BCUT2D eigenvalue weighted by Gasteiger charge is -2.29. The van der Waals surface area contributed by atoms with Crippen molar-refractivity contribution in [3.05, 3.63) is 83.0 Å². The van der Waals surface area contributed by atoms with Crippen molar-refractivity contribution in [2.75, 3.05) is 23.3 Å². The molecule has 1 aliphatic rings. The quantitative estimate of drug-likeness (QED) is 0.605. The third kappa shape index (κ3) is 4.16. The fourth-order valence-electron chi connectivity index (χ4n) is 3.56. The standard InChI is InChI=1S/C22H19ClFN3O3/c23-16-12-15(7-8-17(16)24)26-22(29)21(28)25-13-19(20-6-3-11-30-20)27-10-9-14-4-1-2-5-18(14)27/h1-8,11-12,19H,9-10,13H2,(H,25,28)(H,26,29)/t19-/m0/s1. The van der Waals surface area contributed by atoms with Gasteiger partial charge in [0.25, 0.3) is 0 Å². The molecule has 4 rings (SSSR count). The lowest BCUT2D eigenvalue weighted by Crippen LogP contribution is -2.41. The number of nitrogens with one attached hydrogen (secondary N) is 2. The Morgan fingerprint density at radius 2 is 1.97 bits per heavy atom. The molecule has 2 heterocycles. The largest absolute Gasteiger partial charge is 0.467 e. The Balaban J connectivity index is 1.44. The van der Waals surface area contributed by atoms with Crippen molar-refractivity contribution in [1.82, 2.24) is 5.32 Å². The van der Waals surface area contributed by atoms with E-state index in [2.05, 4.69) is 21.6 Å². The van der Waals surface area contributed by atoms with E-state index in [1.165, 1.54) is 17.7 Å². The first-order valence-electron chi connectivity index (χ1n) is 9.45. The zero-order valence-corrected chi connectivity index (χ0v) is 16.7. The molecule has 2 N–H and O–H groups in total. The van der Waals surface area contributed by atoms with Crippen molar-refractivity contribution in [3.8, 4) is 0 Å². The van der Waals surface area contributed by atoms with E-state index in [-0.39, 0.29) is 23.3 Å².